The number of nitrogens with one attached hydrogen (secondary N) is 2. The molecule has 4 fully saturated rings. The summed E-state index contributed by atoms with van der Waals surface area (Å²) in [5, 5.41) is 4.86. The molecule has 2 saturated carbocycles. The SMILES string of the molecule is COc1ccc2c(c1)C1CC1(C(=O)N1C3CCC1CC(NCCN(C)C)C3)Cn1c-2c(C2CCCCC2)c2ccc(C(=O)NS(=O)(=O)N(C)C)cc21. The van der Waals surface area contributed by atoms with Crippen molar-refractivity contribution in [1.82, 2.24) is 28.7 Å². The Morgan fingerprint density at radius 3 is 2.37 bits per heavy atom. The monoisotopic (exact) mass is 730 g/mol. The van der Waals surface area contributed by atoms with Crippen LogP contribution in [0.4, 0.5) is 0 Å². The van der Waals surface area contributed by atoms with Crippen LogP contribution >= 0.6 is 0 Å². The van der Waals surface area contributed by atoms with E-state index in [1.165, 1.54) is 44.5 Å². The molecule has 3 aliphatic heterocycles. The van der Waals surface area contributed by atoms with Crippen LogP contribution in [-0.4, -0.2) is 105 Å². The molecule has 2 bridgehead atoms. The molecular formula is C40H54N6O5S. The van der Waals surface area contributed by atoms with E-state index >= 15 is 4.79 Å². The Morgan fingerprint density at radius 2 is 1.69 bits per heavy atom. The maximum absolute atomic E-state index is 15.3. The second kappa shape index (κ2) is 13.4. The second-order valence-corrected chi connectivity index (χ2v) is 18.4. The van der Waals surface area contributed by atoms with Gasteiger partial charge < -0.3 is 24.4 Å². The van der Waals surface area contributed by atoms with Gasteiger partial charge in [-0.05, 0) is 106 Å². The van der Waals surface area contributed by atoms with Gasteiger partial charge in [0.1, 0.15) is 5.75 Å². The number of carbonyl (C=O) groups excluding carboxylic acids is 2. The first kappa shape index (κ1) is 35.6. The minimum atomic E-state index is -3.98. The molecule has 2 N–H and O–H groups in total. The minimum absolute atomic E-state index is 0.0614. The molecule has 11 nitrogen and oxygen atoms in total. The van der Waals surface area contributed by atoms with Crippen molar-refractivity contribution in [2.75, 3.05) is 48.4 Å². The number of piperidine rings is 1. The van der Waals surface area contributed by atoms with Crippen molar-refractivity contribution in [3.63, 3.8) is 0 Å². The first-order valence-corrected chi connectivity index (χ1v) is 20.7. The number of likely N-dealkylation sites (N-methyl/N-ethyl adjacent to an activating group) is 1. The van der Waals surface area contributed by atoms with Crippen molar-refractivity contribution in [2.45, 2.75) is 101 Å². The standard InChI is InChI=1S/C40H54N6O5S/c1-43(2)18-17-41-27-20-28-12-13-29(21-27)46(28)39(48)40-23-34(40)33-22-30(51-5)14-16-31(33)37-36(25-9-7-6-8-10-25)32-15-11-26(19-35(32)45(37)24-40)38(47)42-52(49,50)44(3)4/h11,14-16,19,22,25,27-29,34,41H,6-10,12-13,17-18,20-21,23-24H2,1-5H3,(H,42,47). The van der Waals surface area contributed by atoms with Gasteiger partial charge in [-0.2, -0.15) is 12.7 Å². The zero-order valence-corrected chi connectivity index (χ0v) is 32.1. The van der Waals surface area contributed by atoms with Crippen molar-refractivity contribution in [3.8, 4) is 17.0 Å². The topological polar surface area (TPSA) is 116 Å². The molecule has 2 amide bonds. The molecule has 8 rings (SSSR count). The van der Waals surface area contributed by atoms with E-state index in [4.69, 9.17) is 4.74 Å². The Kier molecular flexibility index (Phi) is 9.20. The predicted octanol–water partition coefficient (Wildman–Crippen LogP) is 5.06. The molecule has 5 aliphatic rings. The van der Waals surface area contributed by atoms with Gasteiger partial charge in [-0.3, -0.25) is 9.59 Å². The van der Waals surface area contributed by atoms with Crippen LogP contribution in [0.15, 0.2) is 36.4 Å². The normalized spacial score (nSPS) is 26.9. The van der Waals surface area contributed by atoms with E-state index in [9.17, 15) is 13.2 Å². The summed E-state index contributed by atoms with van der Waals surface area (Å²) in [6.45, 7) is 2.46. The van der Waals surface area contributed by atoms with Crippen molar-refractivity contribution in [1.29, 1.82) is 0 Å². The summed E-state index contributed by atoms with van der Waals surface area (Å²) in [6.07, 6.45) is 10.6. The Hall–Kier alpha value is -3.45. The largest absolute Gasteiger partial charge is 0.497 e. The van der Waals surface area contributed by atoms with Gasteiger partial charge >= 0.3 is 10.2 Å². The quantitative estimate of drug-likeness (QED) is 0.300. The summed E-state index contributed by atoms with van der Waals surface area (Å²) >= 11 is 0. The smallest absolute Gasteiger partial charge is 0.303 e. The number of aromatic nitrogens is 1. The summed E-state index contributed by atoms with van der Waals surface area (Å²) in [7, 11) is 4.71. The van der Waals surface area contributed by atoms with Gasteiger partial charge in [0.05, 0.1) is 18.2 Å². The van der Waals surface area contributed by atoms with Crippen molar-refractivity contribution in [3.05, 3.63) is 53.1 Å². The molecule has 4 heterocycles. The van der Waals surface area contributed by atoms with Gasteiger partial charge in [-0.25, -0.2) is 4.72 Å². The van der Waals surface area contributed by atoms with Gasteiger partial charge in [0, 0.05) is 79.8 Å². The lowest BCUT2D eigenvalue weighted by Gasteiger charge is -2.41. The summed E-state index contributed by atoms with van der Waals surface area (Å²) in [6, 6.07) is 12.9. The number of amides is 2. The number of carbonyl (C=O) groups is 2. The first-order chi connectivity index (χ1) is 24.9. The number of methoxy groups -OCH3 is 1. The molecule has 3 aromatic rings. The lowest BCUT2D eigenvalue weighted by Crippen LogP contribution is -2.54. The van der Waals surface area contributed by atoms with Crippen molar-refractivity contribution < 1.29 is 22.7 Å². The van der Waals surface area contributed by atoms with Crippen LogP contribution in [-0.2, 0) is 21.5 Å². The molecule has 2 saturated heterocycles. The molecule has 0 radical (unpaired) electrons. The lowest BCUT2D eigenvalue weighted by molar-refractivity contribution is -0.142. The highest BCUT2D eigenvalue weighted by Crippen LogP contribution is 2.67. The third-order valence-electron chi connectivity index (χ3n) is 12.9. The van der Waals surface area contributed by atoms with Crippen LogP contribution in [0.25, 0.3) is 22.2 Å². The Morgan fingerprint density at radius 1 is 0.962 bits per heavy atom. The molecule has 4 atom stereocenters. The number of fused-ring (bicyclic) bond motifs is 9. The van der Waals surface area contributed by atoms with Gasteiger partial charge in [0.25, 0.3) is 5.91 Å². The minimum Gasteiger partial charge on any atom is -0.497 e. The molecule has 0 spiro atoms. The summed E-state index contributed by atoms with van der Waals surface area (Å²) in [4.78, 5) is 33.2. The van der Waals surface area contributed by atoms with E-state index in [0.717, 1.165) is 90.3 Å². The van der Waals surface area contributed by atoms with E-state index < -0.39 is 21.5 Å². The fourth-order valence-electron chi connectivity index (χ4n) is 10.1. The number of rotatable bonds is 10. The fraction of sp³-hybridized carbons (Fsp3) is 0.600. The van der Waals surface area contributed by atoms with E-state index in [1.54, 1.807) is 13.2 Å². The van der Waals surface area contributed by atoms with Gasteiger partial charge in [0.15, 0.2) is 0 Å². The average Bonchev–Trinajstić information content (AvgIpc) is 3.71. The van der Waals surface area contributed by atoms with Crippen LogP contribution in [0.5, 0.6) is 5.75 Å². The Balaban J connectivity index is 1.23. The third-order valence-corrected chi connectivity index (χ3v) is 14.3. The molecule has 1 aromatic heterocycles. The third kappa shape index (κ3) is 6.03. The molecule has 4 unspecified atom stereocenters. The number of hydrogen-bond acceptors (Lipinski definition) is 7. The molecule has 280 valence electrons. The van der Waals surface area contributed by atoms with Crippen LogP contribution in [0.1, 0.15) is 97.5 Å². The number of nitrogens with zero attached hydrogens (tertiary/aromatic N) is 4. The summed E-state index contributed by atoms with van der Waals surface area (Å²) < 4.78 is 36.7. The van der Waals surface area contributed by atoms with Gasteiger partial charge in [-0.15, -0.1) is 0 Å². The Labute approximate surface area is 308 Å². The number of benzene rings is 2. The summed E-state index contributed by atoms with van der Waals surface area (Å²) in [5.41, 5.74) is 5.31. The van der Waals surface area contributed by atoms with Crippen LogP contribution < -0.4 is 14.8 Å². The lowest BCUT2D eigenvalue weighted by atomic mass is 9.81. The predicted molar refractivity (Wildman–Crippen MR) is 203 cm³/mol. The fourth-order valence-corrected chi connectivity index (χ4v) is 10.6. The number of ether oxygens (including phenoxy) is 1. The van der Waals surface area contributed by atoms with Gasteiger partial charge in [0.2, 0.25) is 5.91 Å². The first-order valence-electron chi connectivity index (χ1n) is 19.2. The average molecular weight is 731 g/mol. The number of hydrogen-bond donors (Lipinski definition) is 2. The van der Waals surface area contributed by atoms with E-state index in [2.05, 4.69) is 50.6 Å². The highest BCUT2D eigenvalue weighted by atomic mass is 32.2. The molecular weight excluding hydrogens is 677 g/mol. The van der Waals surface area contributed by atoms with E-state index in [-0.39, 0.29) is 29.5 Å². The molecule has 2 aliphatic carbocycles. The second-order valence-electron chi connectivity index (χ2n) is 16.5. The zero-order chi connectivity index (χ0) is 36.5. The van der Waals surface area contributed by atoms with Crippen molar-refractivity contribution >= 4 is 32.9 Å². The summed E-state index contributed by atoms with van der Waals surface area (Å²) in [5.74, 6) is 0.809. The maximum Gasteiger partial charge on any atom is 0.303 e. The van der Waals surface area contributed by atoms with Crippen LogP contribution in [0.3, 0.4) is 0 Å². The van der Waals surface area contributed by atoms with Crippen LogP contribution in [0, 0.1) is 5.41 Å². The Bertz CT molecular complexity index is 1990. The van der Waals surface area contributed by atoms with E-state index in [1.807, 2.05) is 18.2 Å². The van der Waals surface area contributed by atoms with Gasteiger partial charge in [-0.1, -0.05) is 25.3 Å². The highest BCUT2D eigenvalue weighted by Gasteiger charge is 2.65. The van der Waals surface area contributed by atoms with Crippen molar-refractivity contribution in [2.24, 2.45) is 5.41 Å². The maximum atomic E-state index is 15.3. The van der Waals surface area contributed by atoms with E-state index in [0.29, 0.717) is 18.5 Å². The molecule has 12 heteroatoms. The molecule has 2 aromatic carbocycles. The van der Waals surface area contributed by atoms with Crippen LogP contribution in [0.2, 0.25) is 0 Å². The highest BCUT2D eigenvalue weighted by molar-refractivity contribution is 7.87. The zero-order valence-electron chi connectivity index (χ0n) is 31.3. The molecule has 52 heavy (non-hydrogen) atoms.